The first-order valence-corrected chi connectivity index (χ1v) is 8.11. The molecule has 0 spiro atoms. The summed E-state index contributed by atoms with van der Waals surface area (Å²) < 4.78 is 5.55. The number of rotatable bonds is 4. The molecule has 0 bridgehead atoms. The van der Waals surface area contributed by atoms with Gasteiger partial charge >= 0.3 is 5.97 Å². The zero-order valence-electron chi connectivity index (χ0n) is 13.2. The Morgan fingerprint density at radius 3 is 2.65 bits per heavy atom. The highest BCUT2D eigenvalue weighted by Crippen LogP contribution is 2.33. The number of piperidine rings is 1. The summed E-state index contributed by atoms with van der Waals surface area (Å²) in [7, 11) is 0. The minimum atomic E-state index is -0.0439. The number of hydrogen-bond acceptors (Lipinski definition) is 3. The summed E-state index contributed by atoms with van der Waals surface area (Å²) in [5, 5.41) is 0. The van der Waals surface area contributed by atoms with Crippen molar-refractivity contribution in [1.82, 2.24) is 4.90 Å². The number of carbonyl (C=O) groups is 1. The molecule has 1 aliphatic carbocycles. The number of carbonyl (C=O) groups excluding carboxylic acids is 1. The zero-order valence-corrected chi connectivity index (χ0v) is 13.2. The molecule has 2 rings (SSSR count). The van der Waals surface area contributed by atoms with Gasteiger partial charge in [-0.25, -0.2) is 0 Å². The van der Waals surface area contributed by atoms with Crippen molar-refractivity contribution in [3.05, 3.63) is 11.6 Å². The molecular weight excluding hydrogens is 250 g/mol. The maximum atomic E-state index is 12.0. The summed E-state index contributed by atoms with van der Waals surface area (Å²) in [6.07, 6.45) is 7.21. The van der Waals surface area contributed by atoms with Crippen LogP contribution < -0.4 is 0 Å². The van der Waals surface area contributed by atoms with Crippen molar-refractivity contribution in [2.45, 2.75) is 46.5 Å². The molecular formula is C17H29NO2. The van der Waals surface area contributed by atoms with Crippen molar-refractivity contribution >= 4 is 5.97 Å². The maximum absolute atomic E-state index is 12.0. The summed E-state index contributed by atoms with van der Waals surface area (Å²) in [6, 6.07) is 0. The predicted octanol–water partition coefficient (Wildman–Crippen LogP) is 3.25. The van der Waals surface area contributed by atoms with Crippen molar-refractivity contribution in [3.8, 4) is 0 Å². The van der Waals surface area contributed by atoms with E-state index in [9.17, 15) is 4.79 Å². The first-order chi connectivity index (χ1) is 9.56. The van der Waals surface area contributed by atoms with Gasteiger partial charge in [0.2, 0.25) is 0 Å². The molecule has 0 amide bonds. The van der Waals surface area contributed by atoms with Crippen LogP contribution in [0.15, 0.2) is 11.6 Å². The van der Waals surface area contributed by atoms with Gasteiger partial charge in [0, 0.05) is 5.92 Å². The molecule has 1 saturated heterocycles. The van der Waals surface area contributed by atoms with Crippen LogP contribution in [-0.4, -0.2) is 37.1 Å². The molecule has 2 aliphatic rings. The van der Waals surface area contributed by atoms with Gasteiger partial charge in [-0.2, -0.15) is 0 Å². The number of esters is 1. The fourth-order valence-electron chi connectivity index (χ4n) is 3.67. The van der Waals surface area contributed by atoms with Crippen molar-refractivity contribution < 1.29 is 9.53 Å². The number of likely N-dealkylation sites (tertiary alicyclic amines) is 1. The highest BCUT2D eigenvalue weighted by molar-refractivity contribution is 5.71. The fraction of sp³-hybridized carbons (Fsp3) is 0.824. The lowest BCUT2D eigenvalue weighted by molar-refractivity contribution is -0.147. The molecule has 0 aromatic heterocycles. The van der Waals surface area contributed by atoms with Crippen LogP contribution in [0, 0.1) is 17.8 Å². The minimum absolute atomic E-state index is 0.0439. The van der Waals surface area contributed by atoms with Crippen LogP contribution in [0.1, 0.15) is 46.5 Å². The van der Waals surface area contributed by atoms with Crippen LogP contribution in [0.5, 0.6) is 0 Å². The summed E-state index contributed by atoms with van der Waals surface area (Å²) in [4.78, 5) is 14.2. The van der Waals surface area contributed by atoms with E-state index >= 15 is 0 Å². The summed E-state index contributed by atoms with van der Waals surface area (Å²) in [5.41, 5.74) is 1.47. The molecule has 0 aromatic carbocycles. The Balaban J connectivity index is 1.75. The highest BCUT2D eigenvalue weighted by atomic mass is 16.5. The first kappa shape index (κ1) is 15.6. The largest absolute Gasteiger partial charge is 0.464 e. The smallest absolute Gasteiger partial charge is 0.320 e. The maximum Gasteiger partial charge on any atom is 0.320 e. The van der Waals surface area contributed by atoms with E-state index in [0.29, 0.717) is 30.9 Å². The SMILES string of the molecule is CC1=CC(C)C(COC(=O)CN2CCCCC2)C(C)C1. The van der Waals surface area contributed by atoms with E-state index in [1.54, 1.807) is 0 Å². The molecule has 1 aliphatic heterocycles. The predicted molar refractivity (Wildman–Crippen MR) is 81.4 cm³/mol. The Kier molecular flexibility index (Phi) is 5.64. The minimum Gasteiger partial charge on any atom is -0.464 e. The third kappa shape index (κ3) is 4.34. The van der Waals surface area contributed by atoms with Gasteiger partial charge in [-0.05, 0) is 51.1 Å². The van der Waals surface area contributed by atoms with Gasteiger partial charge in [0.05, 0.1) is 13.2 Å². The van der Waals surface area contributed by atoms with E-state index in [0.717, 1.165) is 19.5 Å². The third-order valence-electron chi connectivity index (χ3n) is 4.84. The van der Waals surface area contributed by atoms with E-state index in [1.165, 1.54) is 24.8 Å². The second-order valence-corrected chi connectivity index (χ2v) is 6.74. The Labute approximate surface area is 123 Å². The quantitative estimate of drug-likeness (QED) is 0.584. The van der Waals surface area contributed by atoms with Crippen molar-refractivity contribution in [2.24, 2.45) is 17.8 Å². The Bertz CT molecular complexity index is 358. The van der Waals surface area contributed by atoms with Crippen LogP contribution in [-0.2, 0) is 9.53 Å². The van der Waals surface area contributed by atoms with Crippen LogP contribution in [0.3, 0.4) is 0 Å². The Morgan fingerprint density at radius 2 is 2.00 bits per heavy atom. The van der Waals surface area contributed by atoms with E-state index in [4.69, 9.17) is 4.74 Å². The van der Waals surface area contributed by atoms with E-state index in [-0.39, 0.29) is 5.97 Å². The van der Waals surface area contributed by atoms with Gasteiger partial charge in [0.1, 0.15) is 0 Å². The number of nitrogens with zero attached hydrogens (tertiary/aromatic N) is 1. The Morgan fingerprint density at radius 1 is 1.30 bits per heavy atom. The fourth-order valence-corrected chi connectivity index (χ4v) is 3.67. The number of allylic oxidation sites excluding steroid dienone is 2. The molecule has 3 atom stereocenters. The van der Waals surface area contributed by atoms with Crippen LogP contribution in [0.25, 0.3) is 0 Å². The molecule has 1 fully saturated rings. The lowest BCUT2D eigenvalue weighted by Gasteiger charge is -2.33. The normalized spacial score (nSPS) is 31.8. The lowest BCUT2D eigenvalue weighted by Crippen LogP contribution is -2.36. The standard InChI is InChI=1S/C17H29NO2/c1-13-9-14(2)16(15(3)10-13)12-20-17(19)11-18-7-5-4-6-8-18/h9,14-16H,4-8,10-12H2,1-3H3. The molecule has 0 saturated carbocycles. The van der Waals surface area contributed by atoms with Crippen molar-refractivity contribution in [3.63, 3.8) is 0 Å². The molecule has 0 aromatic rings. The van der Waals surface area contributed by atoms with Gasteiger partial charge in [-0.15, -0.1) is 0 Å². The van der Waals surface area contributed by atoms with Crippen molar-refractivity contribution in [1.29, 1.82) is 0 Å². The summed E-state index contributed by atoms with van der Waals surface area (Å²) in [6.45, 7) is 9.87. The second kappa shape index (κ2) is 7.26. The van der Waals surface area contributed by atoms with Crippen LogP contribution in [0.2, 0.25) is 0 Å². The topological polar surface area (TPSA) is 29.5 Å². The molecule has 20 heavy (non-hydrogen) atoms. The molecule has 0 radical (unpaired) electrons. The monoisotopic (exact) mass is 279 g/mol. The van der Waals surface area contributed by atoms with Gasteiger partial charge in [-0.3, -0.25) is 9.69 Å². The van der Waals surface area contributed by atoms with Crippen molar-refractivity contribution in [2.75, 3.05) is 26.2 Å². The molecule has 3 unspecified atom stereocenters. The average molecular weight is 279 g/mol. The highest BCUT2D eigenvalue weighted by Gasteiger charge is 2.28. The Hall–Kier alpha value is -0.830. The lowest BCUT2D eigenvalue weighted by atomic mass is 9.75. The first-order valence-electron chi connectivity index (χ1n) is 8.11. The molecule has 3 heteroatoms. The zero-order chi connectivity index (χ0) is 14.5. The number of hydrogen-bond donors (Lipinski definition) is 0. The van der Waals surface area contributed by atoms with Gasteiger partial charge in [-0.1, -0.05) is 31.9 Å². The average Bonchev–Trinajstić information content (AvgIpc) is 2.38. The third-order valence-corrected chi connectivity index (χ3v) is 4.84. The molecule has 1 heterocycles. The van der Waals surface area contributed by atoms with E-state index < -0.39 is 0 Å². The van der Waals surface area contributed by atoms with Gasteiger partial charge in [0.25, 0.3) is 0 Å². The van der Waals surface area contributed by atoms with E-state index in [2.05, 4.69) is 31.7 Å². The summed E-state index contributed by atoms with van der Waals surface area (Å²) >= 11 is 0. The van der Waals surface area contributed by atoms with Crippen LogP contribution in [0.4, 0.5) is 0 Å². The van der Waals surface area contributed by atoms with Gasteiger partial charge in [0.15, 0.2) is 0 Å². The van der Waals surface area contributed by atoms with E-state index in [1.807, 2.05) is 0 Å². The molecule has 3 nitrogen and oxygen atoms in total. The summed E-state index contributed by atoms with van der Waals surface area (Å²) in [5.74, 6) is 1.56. The van der Waals surface area contributed by atoms with Gasteiger partial charge < -0.3 is 4.74 Å². The molecule has 0 N–H and O–H groups in total. The van der Waals surface area contributed by atoms with Crippen LogP contribution >= 0.6 is 0 Å². The molecule has 114 valence electrons. The second-order valence-electron chi connectivity index (χ2n) is 6.74. The number of ether oxygens (including phenoxy) is 1.